The van der Waals surface area contributed by atoms with Crippen LogP contribution < -0.4 is 10.2 Å². The van der Waals surface area contributed by atoms with Crippen LogP contribution in [-0.4, -0.2) is 28.4 Å². The highest BCUT2D eigenvalue weighted by Gasteiger charge is 2.26. The largest absolute Gasteiger partial charge is 0.346 e. The number of likely N-dealkylation sites (N-methyl/N-ethyl adjacent to an activating group) is 1. The van der Waals surface area contributed by atoms with Crippen LogP contribution in [0.1, 0.15) is 39.6 Å². The average Bonchev–Trinajstić information content (AvgIpc) is 3.06. The summed E-state index contributed by atoms with van der Waals surface area (Å²) in [5.41, 5.74) is 2.00. The van der Waals surface area contributed by atoms with E-state index in [-0.39, 0.29) is 24.4 Å². The second-order valence-corrected chi connectivity index (χ2v) is 8.28. The first-order valence-electron chi connectivity index (χ1n) is 9.76. The molecular formula is C23H28N4O2. The monoisotopic (exact) mass is 392 g/mol. The summed E-state index contributed by atoms with van der Waals surface area (Å²) in [6, 6.07) is 16.9. The number of aromatic nitrogens is 2. The van der Waals surface area contributed by atoms with Gasteiger partial charge in [0.05, 0.1) is 17.1 Å². The van der Waals surface area contributed by atoms with Gasteiger partial charge in [-0.3, -0.25) is 9.59 Å². The average molecular weight is 393 g/mol. The normalized spacial score (nSPS) is 12.6. The molecule has 0 radical (unpaired) electrons. The van der Waals surface area contributed by atoms with Crippen LogP contribution in [0.4, 0.5) is 5.69 Å². The van der Waals surface area contributed by atoms with Crippen LogP contribution >= 0.6 is 0 Å². The SMILES string of the molecule is CC(NC(=O)C(C)(C)C)c1nc2ccccc2n1CC(=O)N(C)c1ccccc1. The third-order valence-corrected chi connectivity index (χ3v) is 4.91. The highest BCUT2D eigenvalue weighted by Crippen LogP contribution is 2.23. The third kappa shape index (κ3) is 4.47. The van der Waals surface area contributed by atoms with E-state index in [4.69, 9.17) is 4.98 Å². The van der Waals surface area contributed by atoms with Crippen molar-refractivity contribution in [2.45, 2.75) is 40.3 Å². The minimum Gasteiger partial charge on any atom is -0.346 e. The molecule has 1 unspecified atom stereocenters. The molecule has 0 saturated carbocycles. The van der Waals surface area contributed by atoms with Crippen molar-refractivity contribution in [2.75, 3.05) is 11.9 Å². The summed E-state index contributed by atoms with van der Waals surface area (Å²) in [7, 11) is 1.77. The Hall–Kier alpha value is -3.15. The molecule has 1 heterocycles. The first kappa shape index (κ1) is 20.6. The van der Waals surface area contributed by atoms with Gasteiger partial charge in [-0.25, -0.2) is 4.98 Å². The van der Waals surface area contributed by atoms with Crippen LogP contribution in [0.15, 0.2) is 54.6 Å². The predicted molar refractivity (Wildman–Crippen MR) is 116 cm³/mol. The van der Waals surface area contributed by atoms with E-state index in [0.717, 1.165) is 16.7 Å². The number of rotatable bonds is 5. The zero-order chi connectivity index (χ0) is 21.2. The van der Waals surface area contributed by atoms with Crippen LogP contribution in [0.25, 0.3) is 11.0 Å². The van der Waals surface area contributed by atoms with Crippen molar-refractivity contribution >= 4 is 28.5 Å². The van der Waals surface area contributed by atoms with E-state index in [9.17, 15) is 9.59 Å². The fraction of sp³-hybridized carbons (Fsp3) is 0.348. The van der Waals surface area contributed by atoms with Crippen molar-refractivity contribution in [3.8, 4) is 0 Å². The third-order valence-electron chi connectivity index (χ3n) is 4.91. The molecule has 2 aromatic carbocycles. The number of anilines is 1. The van der Waals surface area contributed by atoms with E-state index >= 15 is 0 Å². The number of imidazole rings is 1. The predicted octanol–water partition coefficient (Wildman–Crippen LogP) is 3.92. The minimum atomic E-state index is -0.506. The Morgan fingerprint density at radius 3 is 2.34 bits per heavy atom. The molecule has 1 N–H and O–H groups in total. The van der Waals surface area contributed by atoms with Gasteiger partial charge in [0.25, 0.3) is 0 Å². The van der Waals surface area contributed by atoms with Crippen LogP contribution in [0.3, 0.4) is 0 Å². The minimum absolute atomic E-state index is 0.0589. The lowest BCUT2D eigenvalue weighted by atomic mass is 9.95. The van der Waals surface area contributed by atoms with Gasteiger partial charge < -0.3 is 14.8 Å². The molecule has 0 aliphatic heterocycles. The maximum atomic E-state index is 13.0. The molecule has 2 amide bonds. The van der Waals surface area contributed by atoms with E-state index in [0.29, 0.717) is 5.82 Å². The summed E-state index contributed by atoms with van der Waals surface area (Å²) < 4.78 is 1.89. The molecule has 152 valence electrons. The maximum Gasteiger partial charge on any atom is 0.246 e. The standard InChI is InChI=1S/C23H28N4O2/c1-16(24-22(29)23(2,3)4)21-25-18-13-9-10-14-19(18)27(21)15-20(28)26(5)17-11-7-6-8-12-17/h6-14,16H,15H2,1-5H3,(H,24,29). The molecular weight excluding hydrogens is 364 g/mol. The summed E-state index contributed by atoms with van der Waals surface area (Å²) in [5, 5.41) is 3.02. The number of amides is 2. The number of fused-ring (bicyclic) bond motifs is 1. The van der Waals surface area contributed by atoms with Gasteiger partial charge in [-0.05, 0) is 31.2 Å². The van der Waals surface area contributed by atoms with E-state index in [1.165, 1.54) is 0 Å². The van der Waals surface area contributed by atoms with Crippen molar-refractivity contribution in [3.05, 3.63) is 60.4 Å². The smallest absolute Gasteiger partial charge is 0.246 e. The summed E-state index contributed by atoms with van der Waals surface area (Å²) in [6.07, 6.45) is 0. The van der Waals surface area contributed by atoms with Gasteiger partial charge in [-0.15, -0.1) is 0 Å². The molecule has 0 fully saturated rings. The fourth-order valence-electron chi connectivity index (χ4n) is 3.11. The highest BCUT2D eigenvalue weighted by molar-refractivity contribution is 5.93. The summed E-state index contributed by atoms with van der Waals surface area (Å²) >= 11 is 0. The summed E-state index contributed by atoms with van der Waals surface area (Å²) in [6.45, 7) is 7.65. The molecule has 0 saturated heterocycles. The van der Waals surface area contributed by atoms with Gasteiger partial charge in [0.15, 0.2) is 0 Å². The highest BCUT2D eigenvalue weighted by atomic mass is 16.2. The lowest BCUT2D eigenvalue weighted by molar-refractivity contribution is -0.129. The first-order valence-corrected chi connectivity index (χ1v) is 9.76. The Morgan fingerprint density at radius 2 is 1.69 bits per heavy atom. The first-order chi connectivity index (χ1) is 13.7. The molecule has 6 nitrogen and oxygen atoms in total. The molecule has 0 aliphatic carbocycles. The quantitative estimate of drug-likeness (QED) is 0.716. The van der Waals surface area contributed by atoms with Crippen molar-refractivity contribution in [2.24, 2.45) is 5.41 Å². The Bertz CT molecular complexity index is 1020. The van der Waals surface area contributed by atoms with Crippen LogP contribution in [0.5, 0.6) is 0 Å². The molecule has 0 bridgehead atoms. The van der Waals surface area contributed by atoms with Crippen molar-refractivity contribution in [1.82, 2.24) is 14.9 Å². The number of nitrogens with zero attached hydrogens (tertiary/aromatic N) is 3. The van der Waals surface area contributed by atoms with Gasteiger partial charge in [-0.1, -0.05) is 51.1 Å². The zero-order valence-electron chi connectivity index (χ0n) is 17.6. The Labute approximate surface area is 171 Å². The maximum absolute atomic E-state index is 13.0. The van der Waals surface area contributed by atoms with E-state index in [1.54, 1.807) is 11.9 Å². The summed E-state index contributed by atoms with van der Waals surface area (Å²) in [4.78, 5) is 31.8. The number of carbonyl (C=O) groups excluding carboxylic acids is 2. The molecule has 1 atom stereocenters. The number of benzene rings is 2. The number of carbonyl (C=O) groups is 2. The Kier molecular flexibility index (Phi) is 5.73. The number of hydrogen-bond acceptors (Lipinski definition) is 3. The Morgan fingerprint density at radius 1 is 1.07 bits per heavy atom. The lowest BCUT2D eigenvalue weighted by Crippen LogP contribution is -2.38. The van der Waals surface area contributed by atoms with Gasteiger partial charge in [0.1, 0.15) is 12.4 Å². The molecule has 6 heteroatoms. The van der Waals surface area contributed by atoms with E-state index in [1.807, 2.05) is 86.9 Å². The van der Waals surface area contributed by atoms with Crippen LogP contribution in [-0.2, 0) is 16.1 Å². The van der Waals surface area contributed by atoms with Crippen molar-refractivity contribution in [1.29, 1.82) is 0 Å². The Balaban J connectivity index is 1.93. The van der Waals surface area contributed by atoms with Gasteiger partial charge in [0.2, 0.25) is 11.8 Å². The van der Waals surface area contributed by atoms with Crippen LogP contribution in [0, 0.1) is 5.41 Å². The van der Waals surface area contributed by atoms with E-state index in [2.05, 4.69) is 5.32 Å². The number of hydrogen-bond donors (Lipinski definition) is 1. The molecule has 3 aromatic rings. The lowest BCUT2D eigenvalue weighted by Gasteiger charge is -2.23. The molecule has 1 aromatic heterocycles. The number of nitrogens with one attached hydrogen (secondary N) is 1. The van der Waals surface area contributed by atoms with E-state index < -0.39 is 5.41 Å². The van der Waals surface area contributed by atoms with Crippen molar-refractivity contribution < 1.29 is 9.59 Å². The number of para-hydroxylation sites is 3. The van der Waals surface area contributed by atoms with Gasteiger partial charge >= 0.3 is 0 Å². The molecule has 3 rings (SSSR count). The molecule has 0 aliphatic rings. The van der Waals surface area contributed by atoms with Gasteiger partial charge in [0, 0.05) is 18.2 Å². The molecule has 29 heavy (non-hydrogen) atoms. The van der Waals surface area contributed by atoms with Gasteiger partial charge in [-0.2, -0.15) is 0 Å². The topological polar surface area (TPSA) is 67.2 Å². The van der Waals surface area contributed by atoms with Crippen molar-refractivity contribution in [3.63, 3.8) is 0 Å². The second kappa shape index (κ2) is 8.07. The second-order valence-electron chi connectivity index (χ2n) is 8.28. The van der Waals surface area contributed by atoms with Crippen LogP contribution in [0.2, 0.25) is 0 Å². The zero-order valence-corrected chi connectivity index (χ0v) is 17.6. The summed E-state index contributed by atoms with van der Waals surface area (Å²) in [5.74, 6) is 0.546. The fourth-order valence-corrected chi connectivity index (χ4v) is 3.11. The molecule has 0 spiro atoms.